The van der Waals surface area contributed by atoms with Crippen LogP contribution in [0.5, 0.6) is 11.5 Å². The first-order chi connectivity index (χ1) is 15.5. The number of pyridine rings is 1. The van der Waals surface area contributed by atoms with E-state index in [1.54, 1.807) is 14.2 Å². The number of carbonyl (C=O) groups is 1. The molecule has 2 heterocycles. The first-order valence-electron chi connectivity index (χ1n) is 11.2. The van der Waals surface area contributed by atoms with E-state index in [-0.39, 0.29) is 5.91 Å². The maximum atomic E-state index is 13.3. The Balaban J connectivity index is 1.79. The normalized spacial score (nSPS) is 16.1. The lowest BCUT2D eigenvalue weighted by Gasteiger charge is -2.30. The van der Waals surface area contributed by atoms with Gasteiger partial charge in [0.05, 0.1) is 25.4 Å². The number of likely N-dealkylation sites (tertiary alicyclic amines) is 1. The number of piperidine rings is 1. The molecule has 2 aromatic carbocycles. The van der Waals surface area contributed by atoms with E-state index in [1.807, 2.05) is 23.1 Å². The summed E-state index contributed by atoms with van der Waals surface area (Å²) in [6.45, 7) is 5.87. The second-order valence-corrected chi connectivity index (χ2v) is 8.45. The lowest BCUT2D eigenvalue weighted by molar-refractivity contribution is 0.0677. The Morgan fingerprint density at radius 3 is 2.50 bits per heavy atom. The molecule has 3 aromatic rings. The van der Waals surface area contributed by atoms with Crippen LogP contribution in [0, 0.1) is 5.92 Å². The molecule has 4 rings (SSSR count). The van der Waals surface area contributed by atoms with Gasteiger partial charge in [0, 0.05) is 30.2 Å². The molecule has 1 N–H and O–H groups in total. The van der Waals surface area contributed by atoms with Crippen LogP contribution in [0.3, 0.4) is 0 Å². The molecule has 0 bridgehead atoms. The molecular formula is C26H31N3O3. The van der Waals surface area contributed by atoms with Crippen LogP contribution in [0.25, 0.3) is 10.9 Å². The van der Waals surface area contributed by atoms with Gasteiger partial charge in [-0.05, 0) is 55.0 Å². The molecule has 6 heteroatoms. The summed E-state index contributed by atoms with van der Waals surface area (Å²) in [6, 6.07) is 13.9. The first kappa shape index (κ1) is 21.9. The monoisotopic (exact) mass is 433 g/mol. The van der Waals surface area contributed by atoms with Gasteiger partial charge in [-0.15, -0.1) is 0 Å². The number of hydrogen-bond donors (Lipinski definition) is 1. The Bertz CT molecular complexity index is 1110. The summed E-state index contributed by atoms with van der Waals surface area (Å²) in [4.78, 5) is 20.0. The summed E-state index contributed by atoms with van der Waals surface area (Å²) in [5, 5.41) is 4.35. The van der Waals surface area contributed by atoms with Gasteiger partial charge in [0.25, 0.3) is 5.91 Å². The molecule has 1 atom stereocenters. The van der Waals surface area contributed by atoms with Crippen molar-refractivity contribution in [3.05, 3.63) is 53.7 Å². The van der Waals surface area contributed by atoms with Crippen LogP contribution in [0.1, 0.15) is 42.7 Å². The Hall–Kier alpha value is -3.28. The quantitative estimate of drug-likeness (QED) is 0.562. The van der Waals surface area contributed by atoms with Gasteiger partial charge in [0.2, 0.25) is 0 Å². The molecular weight excluding hydrogens is 402 g/mol. The van der Waals surface area contributed by atoms with E-state index in [0.29, 0.717) is 28.6 Å². The Morgan fingerprint density at radius 1 is 1.12 bits per heavy atom. The minimum atomic E-state index is -0.0300. The number of aryl methyl sites for hydroxylation is 1. The van der Waals surface area contributed by atoms with Crippen molar-refractivity contribution in [1.82, 2.24) is 9.88 Å². The number of nitrogens with one attached hydrogen (secondary N) is 1. The van der Waals surface area contributed by atoms with Crippen LogP contribution < -0.4 is 14.8 Å². The Morgan fingerprint density at radius 2 is 1.84 bits per heavy atom. The van der Waals surface area contributed by atoms with Crippen LogP contribution in [0.2, 0.25) is 0 Å². The fourth-order valence-corrected chi connectivity index (χ4v) is 4.28. The summed E-state index contributed by atoms with van der Waals surface area (Å²) >= 11 is 0. The van der Waals surface area contributed by atoms with Gasteiger partial charge < -0.3 is 19.7 Å². The topological polar surface area (TPSA) is 63.7 Å². The lowest BCUT2D eigenvalue weighted by atomic mass is 10.00. The number of fused-ring (bicyclic) bond motifs is 1. The molecule has 1 aliphatic rings. The zero-order valence-electron chi connectivity index (χ0n) is 19.3. The summed E-state index contributed by atoms with van der Waals surface area (Å²) in [5.74, 6) is 1.68. The highest BCUT2D eigenvalue weighted by Gasteiger charge is 2.24. The molecule has 168 valence electrons. The number of methoxy groups -OCH3 is 2. The lowest BCUT2D eigenvalue weighted by Crippen LogP contribution is -2.39. The Labute approximate surface area is 189 Å². The largest absolute Gasteiger partial charge is 0.493 e. The molecule has 1 fully saturated rings. The van der Waals surface area contributed by atoms with E-state index >= 15 is 0 Å². The van der Waals surface area contributed by atoms with Crippen molar-refractivity contribution in [3.63, 3.8) is 0 Å². The molecule has 1 amide bonds. The molecule has 6 nitrogen and oxygen atoms in total. The van der Waals surface area contributed by atoms with Crippen molar-refractivity contribution in [2.24, 2.45) is 5.92 Å². The second kappa shape index (κ2) is 9.47. The molecule has 1 saturated heterocycles. The highest BCUT2D eigenvalue weighted by Crippen LogP contribution is 2.36. The molecule has 0 unspecified atom stereocenters. The number of hydrogen-bond acceptors (Lipinski definition) is 5. The Kier molecular flexibility index (Phi) is 6.49. The third-order valence-corrected chi connectivity index (χ3v) is 6.12. The number of rotatable bonds is 6. The standard InChI is InChI=1S/C26H31N3O3/c1-5-18-8-10-19(11-9-18)27-21-14-23(26(30)29-12-6-7-17(2)16-29)28-22-15-25(32-4)24(31-3)13-20(21)22/h8-11,13-15,17H,5-7,12,16H2,1-4H3,(H,27,28)/t17-/m0/s1. The van der Waals surface area contributed by atoms with Crippen molar-refractivity contribution in [2.45, 2.75) is 33.1 Å². The molecule has 1 aromatic heterocycles. The van der Waals surface area contributed by atoms with E-state index in [9.17, 15) is 4.79 Å². The number of ether oxygens (including phenoxy) is 2. The fraction of sp³-hybridized carbons (Fsp3) is 0.385. The number of anilines is 2. The van der Waals surface area contributed by atoms with Gasteiger partial charge >= 0.3 is 0 Å². The van der Waals surface area contributed by atoms with Crippen LogP contribution in [0.15, 0.2) is 42.5 Å². The zero-order valence-corrected chi connectivity index (χ0v) is 19.3. The highest BCUT2D eigenvalue weighted by molar-refractivity contribution is 6.01. The third kappa shape index (κ3) is 4.49. The minimum absolute atomic E-state index is 0.0300. The van der Waals surface area contributed by atoms with E-state index < -0.39 is 0 Å². The number of carbonyl (C=O) groups excluding carboxylic acids is 1. The predicted molar refractivity (Wildman–Crippen MR) is 128 cm³/mol. The summed E-state index contributed by atoms with van der Waals surface area (Å²) in [7, 11) is 3.21. The molecule has 0 radical (unpaired) electrons. The number of amides is 1. The number of nitrogens with zero attached hydrogens (tertiary/aromatic N) is 2. The van der Waals surface area contributed by atoms with Crippen molar-refractivity contribution in [2.75, 3.05) is 32.6 Å². The van der Waals surface area contributed by atoms with Crippen molar-refractivity contribution in [1.29, 1.82) is 0 Å². The number of benzene rings is 2. The van der Waals surface area contributed by atoms with Gasteiger partial charge in [0.1, 0.15) is 5.69 Å². The smallest absolute Gasteiger partial charge is 0.272 e. The fourth-order valence-electron chi connectivity index (χ4n) is 4.28. The molecule has 0 saturated carbocycles. The van der Waals surface area contributed by atoms with Gasteiger partial charge in [-0.1, -0.05) is 26.0 Å². The second-order valence-electron chi connectivity index (χ2n) is 8.45. The molecule has 0 aliphatic carbocycles. The molecule has 32 heavy (non-hydrogen) atoms. The van der Waals surface area contributed by atoms with Crippen molar-refractivity contribution in [3.8, 4) is 11.5 Å². The van der Waals surface area contributed by atoms with Gasteiger partial charge in [-0.2, -0.15) is 0 Å². The first-order valence-corrected chi connectivity index (χ1v) is 11.2. The SMILES string of the molecule is CCc1ccc(Nc2cc(C(=O)N3CCC[C@H](C)C3)nc3cc(OC)c(OC)cc23)cc1. The third-order valence-electron chi connectivity index (χ3n) is 6.12. The average Bonchev–Trinajstić information content (AvgIpc) is 2.83. The van der Waals surface area contributed by atoms with Gasteiger partial charge in [-0.25, -0.2) is 4.98 Å². The highest BCUT2D eigenvalue weighted by atomic mass is 16.5. The van der Waals surface area contributed by atoms with E-state index in [0.717, 1.165) is 49.1 Å². The summed E-state index contributed by atoms with van der Waals surface area (Å²) in [5.41, 5.74) is 4.16. The maximum absolute atomic E-state index is 13.3. The van der Waals surface area contributed by atoms with Crippen LogP contribution in [-0.2, 0) is 6.42 Å². The average molecular weight is 434 g/mol. The van der Waals surface area contributed by atoms with Crippen molar-refractivity contribution < 1.29 is 14.3 Å². The van der Waals surface area contributed by atoms with Crippen LogP contribution >= 0.6 is 0 Å². The predicted octanol–water partition coefficient (Wildman–Crippen LogP) is 5.43. The van der Waals surface area contributed by atoms with Gasteiger partial charge in [0.15, 0.2) is 11.5 Å². The summed E-state index contributed by atoms with van der Waals surface area (Å²) in [6.07, 6.45) is 3.18. The molecule has 0 spiro atoms. The van der Waals surface area contributed by atoms with Crippen LogP contribution in [-0.4, -0.2) is 43.1 Å². The van der Waals surface area contributed by atoms with E-state index in [2.05, 4.69) is 43.4 Å². The zero-order chi connectivity index (χ0) is 22.7. The minimum Gasteiger partial charge on any atom is -0.493 e. The maximum Gasteiger partial charge on any atom is 0.272 e. The van der Waals surface area contributed by atoms with E-state index in [4.69, 9.17) is 14.5 Å². The summed E-state index contributed by atoms with van der Waals surface area (Å²) < 4.78 is 11.0. The van der Waals surface area contributed by atoms with E-state index in [1.165, 1.54) is 5.56 Å². The van der Waals surface area contributed by atoms with Crippen molar-refractivity contribution >= 4 is 28.2 Å². The molecule has 1 aliphatic heterocycles. The van der Waals surface area contributed by atoms with Crippen LogP contribution in [0.4, 0.5) is 11.4 Å². The van der Waals surface area contributed by atoms with Gasteiger partial charge in [-0.3, -0.25) is 4.79 Å². The number of aromatic nitrogens is 1.